The number of aryl methyl sites for hydroxylation is 1. The average Bonchev–Trinajstić information content (AvgIpc) is 2.87. The molecule has 0 bridgehead atoms. The van der Waals surface area contributed by atoms with E-state index in [9.17, 15) is 0 Å². The molecule has 0 spiro atoms. The molecular formula is C31H37NO3S. The summed E-state index contributed by atoms with van der Waals surface area (Å²) < 4.78 is 16.6. The van der Waals surface area contributed by atoms with Crippen molar-refractivity contribution in [3.63, 3.8) is 0 Å². The molecule has 0 fully saturated rings. The Labute approximate surface area is 220 Å². The molecule has 1 atom stereocenters. The molecule has 0 amide bonds. The highest BCUT2D eigenvalue weighted by molar-refractivity contribution is 7.95. The van der Waals surface area contributed by atoms with Gasteiger partial charge >= 0.3 is 0 Å². The van der Waals surface area contributed by atoms with Crippen LogP contribution in [0.2, 0.25) is 0 Å². The van der Waals surface area contributed by atoms with Gasteiger partial charge in [-0.2, -0.15) is 0 Å². The Morgan fingerprint density at radius 2 is 1.69 bits per heavy atom. The summed E-state index contributed by atoms with van der Waals surface area (Å²) in [5.74, 6) is 2.71. The first kappa shape index (κ1) is 26.2. The van der Waals surface area contributed by atoms with Gasteiger partial charge in [0.1, 0.15) is 11.5 Å². The van der Waals surface area contributed by atoms with Crippen molar-refractivity contribution in [1.82, 2.24) is 4.90 Å². The van der Waals surface area contributed by atoms with Crippen LogP contribution in [0, 0.1) is 6.92 Å². The third kappa shape index (κ3) is 6.65. The lowest BCUT2D eigenvalue weighted by atomic mass is 9.84. The Bertz CT molecular complexity index is 1170. The van der Waals surface area contributed by atoms with Crippen molar-refractivity contribution in [1.29, 1.82) is 0 Å². The summed E-state index contributed by atoms with van der Waals surface area (Å²) in [6.45, 7) is 15.0. The summed E-state index contributed by atoms with van der Waals surface area (Å²) in [5, 5.41) is 0. The zero-order valence-electron chi connectivity index (χ0n) is 21.9. The van der Waals surface area contributed by atoms with Gasteiger partial charge in [-0.05, 0) is 99.2 Å². The second-order valence-corrected chi connectivity index (χ2v) is 10.1. The Morgan fingerprint density at radius 1 is 0.944 bits per heavy atom. The lowest BCUT2D eigenvalue weighted by Gasteiger charge is -2.41. The smallest absolute Gasteiger partial charge is 0.138 e. The van der Waals surface area contributed by atoms with E-state index < -0.39 is 0 Å². The molecule has 0 saturated heterocycles. The van der Waals surface area contributed by atoms with Crippen LogP contribution in [0.15, 0.2) is 77.9 Å². The molecule has 4 nitrogen and oxygen atoms in total. The van der Waals surface area contributed by atoms with Crippen molar-refractivity contribution >= 4 is 12.0 Å². The van der Waals surface area contributed by atoms with Crippen LogP contribution in [0.3, 0.4) is 0 Å². The molecular weight excluding hydrogens is 466 g/mol. The number of fused-ring (bicyclic) bond motifs is 4. The third-order valence-electron chi connectivity index (χ3n) is 6.50. The second kappa shape index (κ2) is 12.4. The Hall–Kier alpha value is -2.89. The molecule has 2 aliphatic heterocycles. The molecule has 3 aromatic rings. The topological polar surface area (TPSA) is 30.9 Å². The van der Waals surface area contributed by atoms with Crippen molar-refractivity contribution in [2.24, 2.45) is 0 Å². The first-order chi connectivity index (χ1) is 17.5. The fourth-order valence-electron chi connectivity index (χ4n) is 4.79. The van der Waals surface area contributed by atoms with E-state index in [1.807, 2.05) is 20.8 Å². The number of allylic oxidation sites excluding steroid dienone is 1. The van der Waals surface area contributed by atoms with Crippen molar-refractivity contribution in [2.45, 2.75) is 58.0 Å². The summed E-state index contributed by atoms with van der Waals surface area (Å²) in [6.07, 6.45) is 2.14. The Morgan fingerprint density at radius 3 is 2.39 bits per heavy atom. The average molecular weight is 504 g/mol. The van der Waals surface area contributed by atoms with Crippen LogP contribution >= 0.6 is 12.0 Å². The first-order valence-corrected chi connectivity index (χ1v) is 13.5. The molecule has 0 aliphatic carbocycles. The van der Waals surface area contributed by atoms with Crippen LogP contribution < -0.4 is 8.92 Å². The number of hydrogen-bond acceptors (Lipinski definition) is 5. The maximum absolute atomic E-state index is 6.01. The van der Waals surface area contributed by atoms with Crippen molar-refractivity contribution in [2.75, 3.05) is 19.8 Å². The molecule has 190 valence electrons. The fourth-order valence-corrected chi connectivity index (χ4v) is 5.33. The maximum atomic E-state index is 6.01. The number of rotatable bonds is 7. The number of ether oxygens (including phenoxy) is 2. The molecule has 5 heteroatoms. The van der Waals surface area contributed by atoms with E-state index in [-0.39, 0.29) is 0 Å². The molecule has 0 N–H and O–H groups in total. The number of nitrogens with zero attached hydrogens (tertiary/aromatic N) is 1. The van der Waals surface area contributed by atoms with E-state index in [0.29, 0.717) is 12.6 Å². The molecule has 3 aromatic carbocycles. The molecule has 0 saturated carbocycles. The minimum absolute atomic E-state index is 0.464. The molecule has 5 rings (SSSR count). The van der Waals surface area contributed by atoms with Gasteiger partial charge in [-0.25, -0.2) is 0 Å². The van der Waals surface area contributed by atoms with Crippen LogP contribution in [0.4, 0.5) is 0 Å². The van der Waals surface area contributed by atoms with E-state index in [1.54, 1.807) is 0 Å². The largest absolute Gasteiger partial charge is 0.499 e. The molecule has 0 radical (unpaired) electrons. The van der Waals surface area contributed by atoms with Crippen LogP contribution in [0.25, 0.3) is 0 Å². The maximum Gasteiger partial charge on any atom is 0.138 e. The van der Waals surface area contributed by atoms with Crippen molar-refractivity contribution < 1.29 is 13.7 Å². The van der Waals surface area contributed by atoms with Gasteiger partial charge in [0.15, 0.2) is 0 Å². The molecule has 0 aromatic heterocycles. The number of hydrogen-bond donors (Lipinski definition) is 0. The van der Waals surface area contributed by atoms with E-state index in [4.69, 9.17) is 13.7 Å². The van der Waals surface area contributed by atoms with Crippen LogP contribution in [-0.4, -0.2) is 24.7 Å². The Kier molecular flexibility index (Phi) is 9.00. The van der Waals surface area contributed by atoms with Crippen molar-refractivity contribution in [3.05, 3.63) is 101 Å². The lowest BCUT2D eigenvalue weighted by Crippen LogP contribution is -2.39. The third-order valence-corrected chi connectivity index (χ3v) is 7.24. The van der Waals surface area contributed by atoms with Gasteiger partial charge in [-0.3, -0.25) is 4.90 Å². The van der Waals surface area contributed by atoms with Gasteiger partial charge in [0.25, 0.3) is 0 Å². The summed E-state index contributed by atoms with van der Waals surface area (Å²) in [6, 6.07) is 22.1. The zero-order valence-corrected chi connectivity index (χ0v) is 22.7. The van der Waals surface area contributed by atoms with Crippen LogP contribution in [0.5, 0.6) is 11.5 Å². The fraction of sp³-hybridized carbons (Fsp3) is 0.355. The molecule has 36 heavy (non-hydrogen) atoms. The quantitative estimate of drug-likeness (QED) is 0.244. The minimum atomic E-state index is 0.464. The van der Waals surface area contributed by atoms with E-state index in [0.717, 1.165) is 54.7 Å². The molecule has 2 aliphatic rings. The normalized spacial score (nSPS) is 15.9. The Balaban J connectivity index is 0.000000455. The van der Waals surface area contributed by atoms with Gasteiger partial charge in [0.2, 0.25) is 0 Å². The summed E-state index contributed by atoms with van der Waals surface area (Å²) in [5.41, 5.74) is 7.00. The zero-order chi connectivity index (χ0) is 25.5. The van der Waals surface area contributed by atoms with E-state index in [2.05, 4.69) is 79.1 Å². The predicted molar refractivity (Wildman–Crippen MR) is 149 cm³/mol. The molecule has 1 unspecified atom stereocenters. The van der Waals surface area contributed by atoms with Crippen molar-refractivity contribution in [3.8, 4) is 11.5 Å². The highest BCUT2D eigenvalue weighted by Crippen LogP contribution is 2.40. The summed E-state index contributed by atoms with van der Waals surface area (Å²) >= 11 is 1.43. The summed E-state index contributed by atoms with van der Waals surface area (Å²) in [7, 11) is 0. The summed E-state index contributed by atoms with van der Waals surface area (Å²) in [4.78, 5) is 3.74. The predicted octanol–water partition coefficient (Wildman–Crippen LogP) is 7.69. The highest BCUT2D eigenvalue weighted by atomic mass is 32.2. The van der Waals surface area contributed by atoms with Gasteiger partial charge in [-0.15, -0.1) is 0 Å². The van der Waals surface area contributed by atoms with E-state index >= 15 is 0 Å². The van der Waals surface area contributed by atoms with E-state index in [1.165, 1.54) is 39.9 Å². The monoisotopic (exact) mass is 503 g/mol. The van der Waals surface area contributed by atoms with Gasteiger partial charge in [-0.1, -0.05) is 36.4 Å². The first-order valence-electron chi connectivity index (χ1n) is 12.8. The SMILES string of the molecule is C=C(C)OCC.CCOc1ccc2c(c1)CCN1Cc3cc(OSc4ccc(C)cc4)ccc3CC21. The van der Waals surface area contributed by atoms with Gasteiger partial charge in [0.05, 0.1) is 31.0 Å². The second-order valence-electron chi connectivity index (χ2n) is 9.28. The van der Waals surface area contributed by atoms with Gasteiger partial charge in [0, 0.05) is 24.0 Å². The highest BCUT2D eigenvalue weighted by Gasteiger charge is 2.32. The van der Waals surface area contributed by atoms with Crippen LogP contribution in [-0.2, 0) is 24.1 Å². The standard InChI is InChI=1S/C26H27NO2S.C5H10O/c1-3-28-22-8-11-25-20(14-22)12-13-27-17-21-15-23(7-6-19(21)16-26(25)27)29-30-24-9-4-18(2)5-10-24;1-4-6-5(2)3/h4-11,14-15,26H,3,12-13,16-17H2,1-2H3;2,4H2,1,3H3. The lowest BCUT2D eigenvalue weighted by molar-refractivity contribution is 0.160. The minimum Gasteiger partial charge on any atom is -0.499 e. The molecule has 2 heterocycles. The number of benzene rings is 3. The van der Waals surface area contributed by atoms with Crippen LogP contribution in [0.1, 0.15) is 54.6 Å². The van der Waals surface area contributed by atoms with Gasteiger partial charge < -0.3 is 13.7 Å².